The van der Waals surface area contributed by atoms with E-state index in [1.54, 1.807) is 0 Å². The Morgan fingerprint density at radius 3 is 2.73 bits per heavy atom. The summed E-state index contributed by atoms with van der Waals surface area (Å²) in [6, 6.07) is 7.61. The van der Waals surface area contributed by atoms with E-state index in [-0.39, 0.29) is 26.6 Å². The predicted octanol–water partition coefficient (Wildman–Crippen LogP) is 3.70. The molecule has 3 N–H and O–H groups in total. The number of hydrogen-bond donors (Lipinski definition) is 2. The van der Waals surface area contributed by atoms with Gasteiger partial charge in [0.25, 0.3) is 5.91 Å². The van der Waals surface area contributed by atoms with E-state index in [1.807, 2.05) is 31.2 Å². The third-order valence-corrected chi connectivity index (χ3v) is 3.84. The second-order valence-electron chi connectivity index (χ2n) is 4.41. The van der Waals surface area contributed by atoms with E-state index in [4.69, 9.17) is 40.5 Å². The second-order valence-corrected chi connectivity index (χ2v) is 5.52. The molecular weight excluding hydrogens is 347 g/mol. The molecular formula is C14H11Cl3N4O. The molecule has 0 saturated carbocycles. The van der Waals surface area contributed by atoms with Crippen molar-refractivity contribution in [3.63, 3.8) is 0 Å². The van der Waals surface area contributed by atoms with E-state index in [2.05, 4.69) is 15.5 Å². The lowest BCUT2D eigenvalue weighted by Crippen LogP contribution is -2.20. The highest BCUT2D eigenvalue weighted by atomic mass is 35.5. The number of benzene rings is 1. The third kappa shape index (κ3) is 3.68. The lowest BCUT2D eigenvalue weighted by Gasteiger charge is -2.07. The van der Waals surface area contributed by atoms with Crippen molar-refractivity contribution in [1.29, 1.82) is 0 Å². The summed E-state index contributed by atoms with van der Waals surface area (Å²) in [4.78, 5) is 15.8. The second kappa shape index (κ2) is 6.96. The molecule has 0 saturated heterocycles. The number of anilines is 1. The van der Waals surface area contributed by atoms with Crippen LogP contribution in [0.1, 0.15) is 21.6 Å². The SMILES string of the molecule is Cc1cccc(/C=N/NC(=O)c2nc(Cl)c(Cl)c(N)c2Cl)c1. The largest absolute Gasteiger partial charge is 0.396 e. The minimum atomic E-state index is -0.640. The Hall–Kier alpha value is -1.82. The molecule has 8 heteroatoms. The molecule has 0 atom stereocenters. The maximum Gasteiger partial charge on any atom is 0.291 e. The van der Waals surface area contributed by atoms with Crippen LogP contribution in [0.15, 0.2) is 29.4 Å². The third-order valence-electron chi connectivity index (χ3n) is 2.71. The number of nitrogen functional groups attached to an aromatic ring is 1. The summed E-state index contributed by atoms with van der Waals surface area (Å²) in [5.41, 5.74) is 9.73. The molecule has 0 unspecified atom stereocenters. The van der Waals surface area contributed by atoms with E-state index in [1.165, 1.54) is 6.21 Å². The van der Waals surface area contributed by atoms with Crippen LogP contribution in [0.25, 0.3) is 0 Å². The number of aromatic nitrogens is 1. The number of rotatable bonds is 3. The van der Waals surface area contributed by atoms with Crippen LogP contribution < -0.4 is 11.2 Å². The summed E-state index contributed by atoms with van der Waals surface area (Å²) in [6.07, 6.45) is 1.50. The lowest BCUT2D eigenvalue weighted by atomic mass is 10.2. The van der Waals surface area contributed by atoms with Crippen LogP contribution in [0.4, 0.5) is 5.69 Å². The highest BCUT2D eigenvalue weighted by Gasteiger charge is 2.19. The molecule has 0 aliphatic rings. The number of nitrogens with one attached hydrogen (secondary N) is 1. The molecule has 1 aromatic heterocycles. The van der Waals surface area contributed by atoms with Crippen LogP contribution in [0.5, 0.6) is 0 Å². The van der Waals surface area contributed by atoms with Gasteiger partial charge in [-0.15, -0.1) is 0 Å². The van der Waals surface area contributed by atoms with Gasteiger partial charge in [-0.25, -0.2) is 10.4 Å². The van der Waals surface area contributed by atoms with Crippen LogP contribution in [-0.2, 0) is 0 Å². The van der Waals surface area contributed by atoms with E-state index in [9.17, 15) is 4.79 Å². The number of pyridine rings is 1. The van der Waals surface area contributed by atoms with Gasteiger partial charge in [-0.3, -0.25) is 4.79 Å². The van der Waals surface area contributed by atoms with Gasteiger partial charge in [0.15, 0.2) is 10.8 Å². The fourth-order valence-electron chi connectivity index (χ4n) is 1.65. The number of carbonyl (C=O) groups excluding carboxylic acids is 1. The van der Waals surface area contributed by atoms with E-state index >= 15 is 0 Å². The molecule has 2 aromatic rings. The lowest BCUT2D eigenvalue weighted by molar-refractivity contribution is 0.0950. The molecule has 5 nitrogen and oxygen atoms in total. The van der Waals surface area contributed by atoms with E-state index in [0.717, 1.165) is 11.1 Å². The summed E-state index contributed by atoms with van der Waals surface area (Å²) >= 11 is 17.5. The molecule has 0 aliphatic heterocycles. The van der Waals surface area contributed by atoms with Gasteiger partial charge in [0, 0.05) is 0 Å². The van der Waals surface area contributed by atoms with E-state index in [0.29, 0.717) is 0 Å². The summed E-state index contributed by atoms with van der Waals surface area (Å²) in [7, 11) is 0. The number of amides is 1. The summed E-state index contributed by atoms with van der Waals surface area (Å²) in [6.45, 7) is 1.96. The van der Waals surface area contributed by atoms with Crippen molar-refractivity contribution in [2.75, 3.05) is 5.73 Å². The van der Waals surface area contributed by atoms with Crippen LogP contribution in [-0.4, -0.2) is 17.1 Å². The van der Waals surface area contributed by atoms with E-state index < -0.39 is 5.91 Å². The molecule has 1 amide bonds. The zero-order valence-electron chi connectivity index (χ0n) is 11.4. The molecule has 0 bridgehead atoms. The zero-order chi connectivity index (χ0) is 16.3. The quantitative estimate of drug-likeness (QED) is 0.499. The first-order chi connectivity index (χ1) is 10.4. The van der Waals surface area contributed by atoms with Crippen molar-refractivity contribution in [3.8, 4) is 0 Å². The Bertz CT molecular complexity index is 762. The Morgan fingerprint density at radius 1 is 1.32 bits per heavy atom. The summed E-state index contributed by atoms with van der Waals surface area (Å²) in [5, 5.41) is 3.68. The highest BCUT2D eigenvalue weighted by Crippen LogP contribution is 2.34. The van der Waals surface area contributed by atoms with Crippen LogP contribution >= 0.6 is 34.8 Å². The number of aryl methyl sites for hydroxylation is 1. The number of hydrogen-bond acceptors (Lipinski definition) is 4. The van der Waals surface area contributed by atoms with Gasteiger partial charge in [-0.2, -0.15) is 5.10 Å². The van der Waals surface area contributed by atoms with Gasteiger partial charge >= 0.3 is 0 Å². The van der Waals surface area contributed by atoms with Crippen LogP contribution in [0.2, 0.25) is 15.2 Å². The fourth-order valence-corrected chi connectivity index (χ4v) is 2.24. The minimum Gasteiger partial charge on any atom is -0.396 e. The molecule has 1 heterocycles. The van der Waals surface area contributed by atoms with Crippen LogP contribution in [0.3, 0.4) is 0 Å². The Balaban J connectivity index is 2.17. The van der Waals surface area contributed by atoms with Gasteiger partial charge in [-0.1, -0.05) is 64.6 Å². The van der Waals surface area contributed by atoms with Crippen molar-refractivity contribution in [3.05, 3.63) is 56.3 Å². The van der Waals surface area contributed by atoms with Gasteiger partial charge in [-0.05, 0) is 12.5 Å². The minimum absolute atomic E-state index is 0.00357. The average molecular weight is 358 g/mol. The molecule has 0 fully saturated rings. The van der Waals surface area contributed by atoms with Crippen molar-refractivity contribution >= 4 is 52.6 Å². The summed E-state index contributed by atoms with van der Waals surface area (Å²) < 4.78 is 0. The maximum atomic E-state index is 12.0. The Kier molecular flexibility index (Phi) is 5.24. The number of nitrogens with two attached hydrogens (primary N) is 1. The number of halogens is 3. The van der Waals surface area contributed by atoms with Crippen molar-refractivity contribution in [2.24, 2.45) is 5.10 Å². The van der Waals surface area contributed by atoms with Gasteiger partial charge in [0.2, 0.25) is 0 Å². The van der Waals surface area contributed by atoms with Crippen molar-refractivity contribution in [1.82, 2.24) is 10.4 Å². The van der Waals surface area contributed by atoms with Gasteiger partial charge in [0.1, 0.15) is 5.02 Å². The fraction of sp³-hybridized carbons (Fsp3) is 0.0714. The molecule has 114 valence electrons. The van der Waals surface area contributed by atoms with Crippen molar-refractivity contribution in [2.45, 2.75) is 6.92 Å². The first kappa shape index (κ1) is 16.5. The van der Waals surface area contributed by atoms with Gasteiger partial charge < -0.3 is 5.73 Å². The molecule has 0 aliphatic carbocycles. The first-order valence-electron chi connectivity index (χ1n) is 6.10. The maximum absolute atomic E-state index is 12.0. The Labute approximate surface area is 142 Å². The normalized spacial score (nSPS) is 10.9. The molecule has 0 spiro atoms. The van der Waals surface area contributed by atoms with Crippen molar-refractivity contribution < 1.29 is 4.79 Å². The van der Waals surface area contributed by atoms with Gasteiger partial charge in [0.05, 0.1) is 16.9 Å². The average Bonchev–Trinajstić information content (AvgIpc) is 2.48. The monoisotopic (exact) mass is 356 g/mol. The molecule has 2 rings (SSSR count). The number of nitrogens with zero attached hydrogens (tertiary/aromatic N) is 2. The first-order valence-corrected chi connectivity index (χ1v) is 7.23. The van der Waals surface area contributed by atoms with Crippen LogP contribution in [0, 0.1) is 6.92 Å². The number of hydrazone groups is 1. The zero-order valence-corrected chi connectivity index (χ0v) is 13.7. The smallest absolute Gasteiger partial charge is 0.291 e. The predicted molar refractivity (Wildman–Crippen MR) is 89.9 cm³/mol. The molecule has 1 aromatic carbocycles. The standard InChI is InChI=1S/C14H11Cl3N4O/c1-7-3-2-4-8(5-7)6-19-21-14(22)12-9(15)11(18)10(16)13(17)20-12/h2-6H,1H3,(H2,18,20)(H,21,22)/b19-6+. The highest BCUT2D eigenvalue weighted by molar-refractivity contribution is 6.46. The topological polar surface area (TPSA) is 80.4 Å². The molecule has 22 heavy (non-hydrogen) atoms. The molecule has 0 radical (unpaired) electrons. The summed E-state index contributed by atoms with van der Waals surface area (Å²) in [5.74, 6) is -0.640. The number of carbonyl (C=O) groups is 1. The Morgan fingerprint density at radius 2 is 2.05 bits per heavy atom.